The van der Waals surface area contributed by atoms with Crippen LogP contribution in [0.2, 0.25) is 0 Å². The van der Waals surface area contributed by atoms with Gasteiger partial charge in [0.05, 0.1) is 44.7 Å². The van der Waals surface area contributed by atoms with Gasteiger partial charge in [-0.05, 0) is 91.8 Å². The Morgan fingerprint density at radius 2 is 1.29 bits per heavy atom. The van der Waals surface area contributed by atoms with Crippen LogP contribution in [0.15, 0.2) is 0 Å². The maximum Gasteiger partial charge on any atom is 0.187 e. The first-order valence-electron chi connectivity index (χ1n) is 23.3. The topological polar surface area (TPSA) is 276 Å². The van der Waals surface area contributed by atoms with Gasteiger partial charge in [0.2, 0.25) is 0 Å². The summed E-state index contributed by atoms with van der Waals surface area (Å²) in [6.45, 7) is 7.96. The predicted octanol–water partition coefficient (Wildman–Crippen LogP) is -1.12. The van der Waals surface area contributed by atoms with Gasteiger partial charge in [-0.3, -0.25) is 0 Å². The molecule has 1 spiro atoms. The lowest BCUT2D eigenvalue weighted by Gasteiger charge is -2.61. The Kier molecular flexibility index (Phi) is 13.0. The van der Waals surface area contributed by atoms with Gasteiger partial charge < -0.3 is 89.0 Å². The number of aliphatic hydroxyl groups is 10. The Morgan fingerprint density at radius 3 is 2.02 bits per heavy atom. The van der Waals surface area contributed by atoms with Gasteiger partial charge >= 0.3 is 0 Å². The van der Waals surface area contributed by atoms with Crippen molar-refractivity contribution in [3.63, 3.8) is 0 Å². The smallest absolute Gasteiger partial charge is 0.187 e. The number of hydrogen-bond acceptors (Lipinski definition) is 18. The highest BCUT2D eigenvalue weighted by molar-refractivity contribution is 5.16. The molecular weight excluding hydrogens is 816 g/mol. The summed E-state index contributed by atoms with van der Waals surface area (Å²) in [6, 6.07) is 0. The van der Waals surface area contributed by atoms with Crippen LogP contribution in [0.4, 0.5) is 0 Å². The zero-order valence-corrected chi connectivity index (χ0v) is 36.3. The minimum Gasteiger partial charge on any atom is -0.394 e. The summed E-state index contributed by atoms with van der Waals surface area (Å²) in [4.78, 5) is 0. The fourth-order valence-electron chi connectivity index (χ4n) is 14.4. The molecule has 18 heteroatoms. The summed E-state index contributed by atoms with van der Waals surface area (Å²) in [7, 11) is 0. The maximum atomic E-state index is 11.5. The van der Waals surface area contributed by atoms with E-state index < -0.39 is 118 Å². The van der Waals surface area contributed by atoms with Crippen molar-refractivity contribution in [3.8, 4) is 0 Å². The molecule has 4 saturated carbocycles. The van der Waals surface area contributed by atoms with Crippen LogP contribution in [0.5, 0.6) is 0 Å². The van der Waals surface area contributed by atoms with E-state index in [1.54, 1.807) is 0 Å². The zero-order chi connectivity index (χ0) is 44.2. The standard InChI is InChI=1S/C44H72O18/c1-18-16-56-44(13-25(18)47)19(2)30-27(62-44)12-24-22-6-5-20-11-21(7-9-42(20,3)23(22)8-10-43(24,30)4)57-41-38(61-40-36(54)34(52)32(50)28(14-45)58-40)37(33(51)29(15-46)59-41)60-39-35(53)31(49)26(48)17-55-39/h18-41,45-54H,5-17H2,1-4H3/t18-,19+,20-,21+,22-,23+,24+,25+,26+,27?,28-,29-,30?,31+,32-,33+,34+,35-,36-,37+,38-,39+,40+,41-,42+,43+,44-/m1/s1. The summed E-state index contributed by atoms with van der Waals surface area (Å²) < 4.78 is 49.8. The molecule has 5 saturated heterocycles. The highest BCUT2D eigenvalue weighted by atomic mass is 16.8. The van der Waals surface area contributed by atoms with Crippen LogP contribution in [-0.2, 0) is 37.9 Å². The third-order valence-corrected chi connectivity index (χ3v) is 18.0. The largest absolute Gasteiger partial charge is 0.394 e. The van der Waals surface area contributed by atoms with Crippen molar-refractivity contribution >= 4 is 0 Å². The molecule has 0 amide bonds. The molecular formula is C44H72O18. The van der Waals surface area contributed by atoms with Gasteiger partial charge in [0.1, 0.15) is 67.1 Å². The highest BCUT2D eigenvalue weighted by Gasteiger charge is 2.70. The van der Waals surface area contributed by atoms with E-state index in [0.29, 0.717) is 55.5 Å². The predicted molar refractivity (Wildman–Crippen MR) is 211 cm³/mol. The molecule has 0 aromatic heterocycles. The Labute approximate surface area is 362 Å². The van der Waals surface area contributed by atoms with E-state index in [0.717, 1.165) is 38.5 Å². The second-order valence-corrected chi connectivity index (χ2v) is 21.2. The molecule has 9 rings (SSSR count). The minimum atomic E-state index is -1.83. The normalized spacial score (nSPS) is 58.9. The van der Waals surface area contributed by atoms with Gasteiger partial charge in [0.25, 0.3) is 0 Å². The van der Waals surface area contributed by atoms with Crippen LogP contribution in [0.3, 0.4) is 0 Å². The molecule has 9 aliphatic rings. The molecule has 356 valence electrons. The average molecular weight is 889 g/mol. The van der Waals surface area contributed by atoms with Crippen molar-refractivity contribution in [3.05, 3.63) is 0 Å². The van der Waals surface area contributed by atoms with E-state index in [1.165, 1.54) is 0 Å². The lowest BCUT2D eigenvalue weighted by atomic mass is 9.44. The number of aliphatic hydroxyl groups excluding tert-OH is 10. The van der Waals surface area contributed by atoms with Crippen molar-refractivity contribution in [2.24, 2.45) is 52.3 Å². The molecule has 18 nitrogen and oxygen atoms in total. The van der Waals surface area contributed by atoms with Crippen LogP contribution in [0, 0.1) is 52.3 Å². The molecule has 10 N–H and O–H groups in total. The molecule has 0 aromatic rings. The van der Waals surface area contributed by atoms with Crippen LogP contribution in [0.25, 0.3) is 0 Å². The molecule has 0 aromatic carbocycles. The summed E-state index contributed by atoms with van der Waals surface area (Å²) in [5.41, 5.74) is 0.171. The first kappa shape index (κ1) is 46.4. The molecule has 2 unspecified atom stereocenters. The molecule has 9 fully saturated rings. The van der Waals surface area contributed by atoms with Gasteiger partial charge in [-0.1, -0.05) is 27.7 Å². The minimum absolute atomic E-state index is 0.0528. The summed E-state index contributed by atoms with van der Waals surface area (Å²) in [6.07, 6.45) is -14.5. The third-order valence-electron chi connectivity index (χ3n) is 18.0. The lowest BCUT2D eigenvalue weighted by Crippen LogP contribution is -2.67. The Morgan fingerprint density at radius 1 is 0.613 bits per heavy atom. The van der Waals surface area contributed by atoms with Crippen molar-refractivity contribution < 1.29 is 89.0 Å². The van der Waals surface area contributed by atoms with Crippen LogP contribution < -0.4 is 0 Å². The number of fused-ring (bicyclic) bond motifs is 7. The van der Waals surface area contributed by atoms with Crippen molar-refractivity contribution in [1.82, 2.24) is 0 Å². The van der Waals surface area contributed by atoms with Gasteiger partial charge in [-0.25, -0.2) is 0 Å². The van der Waals surface area contributed by atoms with Gasteiger partial charge in [0, 0.05) is 18.3 Å². The van der Waals surface area contributed by atoms with E-state index in [-0.39, 0.29) is 34.9 Å². The number of hydrogen-bond donors (Lipinski definition) is 10. The van der Waals surface area contributed by atoms with Crippen molar-refractivity contribution in [2.75, 3.05) is 26.4 Å². The van der Waals surface area contributed by atoms with Crippen LogP contribution in [-0.4, -0.2) is 188 Å². The van der Waals surface area contributed by atoms with Crippen LogP contribution >= 0.6 is 0 Å². The fraction of sp³-hybridized carbons (Fsp3) is 1.00. The first-order chi connectivity index (χ1) is 29.4. The SMILES string of the molecule is C[C@@H]1CO[C@]2(C[C@@H]1O)OC1C[C@H]3[C@@H]4CC[C@@H]5C[C@@H](O[C@@H]6O[C@H](CO)[C@H](O)[C@H](O[C@@H]7OC[C@H](O)[C@H](O)[C@H]7O)[C@H]6O[C@@H]6O[C@H](CO)[C@@H](O)[C@H](O)[C@H]6O)CC[C@]5(C)[C@H]4CC[C@]3(C)C1[C@@H]2C. The number of ether oxygens (including phenoxy) is 8. The number of rotatable bonds is 8. The van der Waals surface area contributed by atoms with Crippen LogP contribution in [0.1, 0.15) is 85.5 Å². The van der Waals surface area contributed by atoms with E-state index in [4.69, 9.17) is 37.9 Å². The van der Waals surface area contributed by atoms with Crippen molar-refractivity contribution in [2.45, 2.75) is 196 Å². The average Bonchev–Trinajstić information content (AvgIpc) is 3.69. The van der Waals surface area contributed by atoms with Crippen molar-refractivity contribution in [1.29, 1.82) is 0 Å². The molecule has 0 bridgehead atoms. The summed E-state index contributed by atoms with van der Waals surface area (Å²) >= 11 is 0. The Bertz CT molecular complexity index is 1560. The van der Waals surface area contributed by atoms with E-state index >= 15 is 0 Å². The van der Waals surface area contributed by atoms with Gasteiger partial charge in [0.15, 0.2) is 24.7 Å². The third kappa shape index (κ3) is 7.55. The lowest BCUT2D eigenvalue weighted by molar-refractivity contribution is -0.392. The molecule has 0 radical (unpaired) electrons. The van der Waals surface area contributed by atoms with E-state index in [1.807, 2.05) is 6.92 Å². The molecule has 62 heavy (non-hydrogen) atoms. The van der Waals surface area contributed by atoms with E-state index in [2.05, 4.69) is 20.8 Å². The Hall–Kier alpha value is -0.720. The molecule has 5 aliphatic heterocycles. The first-order valence-corrected chi connectivity index (χ1v) is 23.3. The van der Waals surface area contributed by atoms with Gasteiger partial charge in [-0.2, -0.15) is 0 Å². The summed E-state index contributed by atoms with van der Waals surface area (Å²) in [5.74, 6) is 1.87. The maximum absolute atomic E-state index is 11.5. The molecule has 4 aliphatic carbocycles. The van der Waals surface area contributed by atoms with E-state index in [9.17, 15) is 51.1 Å². The quantitative estimate of drug-likeness (QED) is 0.129. The second kappa shape index (κ2) is 17.4. The highest BCUT2D eigenvalue weighted by Crippen LogP contribution is 2.71. The monoisotopic (exact) mass is 888 g/mol. The zero-order valence-electron chi connectivity index (χ0n) is 36.3. The van der Waals surface area contributed by atoms with Gasteiger partial charge in [-0.15, -0.1) is 0 Å². The molecule has 27 atom stereocenters. The second-order valence-electron chi connectivity index (χ2n) is 21.2. The summed E-state index contributed by atoms with van der Waals surface area (Å²) in [5, 5.41) is 106. The molecule has 5 heterocycles. The Balaban J connectivity index is 0.916. The fourth-order valence-corrected chi connectivity index (χ4v) is 14.4.